The Bertz CT molecular complexity index is 401. The van der Waals surface area contributed by atoms with E-state index in [0.29, 0.717) is 27.4 Å². The topological polar surface area (TPSA) is 38.3 Å². The van der Waals surface area contributed by atoms with Gasteiger partial charge in [-0.2, -0.15) is 0 Å². The molecule has 0 aliphatic carbocycles. The first kappa shape index (κ1) is 15.4. The van der Waals surface area contributed by atoms with Crippen LogP contribution in [0.2, 0.25) is 15.1 Å². The summed E-state index contributed by atoms with van der Waals surface area (Å²) in [5.74, 6) is -0.342. The molecule has 1 aromatic carbocycles. The van der Waals surface area contributed by atoms with E-state index in [1.54, 1.807) is 12.1 Å². The number of hydrogen-bond donors (Lipinski definition) is 1. The van der Waals surface area contributed by atoms with Crippen molar-refractivity contribution in [3.63, 3.8) is 0 Å². The number of halogens is 3. The molecule has 0 aliphatic rings. The van der Waals surface area contributed by atoms with Crippen LogP contribution in [0, 0.1) is 0 Å². The van der Waals surface area contributed by atoms with Gasteiger partial charge >= 0.3 is 5.97 Å². The first-order valence-electron chi connectivity index (χ1n) is 5.58. The monoisotopic (exact) mass is 309 g/mol. The highest BCUT2D eigenvalue weighted by Gasteiger charge is 2.09. The molecular weight excluding hydrogens is 296 g/mol. The van der Waals surface area contributed by atoms with Gasteiger partial charge in [0.15, 0.2) is 0 Å². The zero-order chi connectivity index (χ0) is 13.5. The number of ether oxygens (including phenoxy) is 1. The molecule has 0 saturated heterocycles. The average Bonchev–Trinajstić information content (AvgIpc) is 2.27. The van der Waals surface area contributed by atoms with Crippen molar-refractivity contribution < 1.29 is 9.53 Å². The summed E-state index contributed by atoms with van der Waals surface area (Å²) in [5, 5.41) is 4.02. The molecule has 0 bridgehead atoms. The average molecular weight is 311 g/mol. The van der Waals surface area contributed by atoms with Crippen LogP contribution in [-0.4, -0.2) is 19.1 Å². The number of unbranched alkanes of at least 4 members (excludes halogenated alkanes) is 1. The summed E-state index contributed by atoms with van der Waals surface area (Å²) < 4.78 is 4.99. The normalized spacial score (nSPS) is 10.2. The molecule has 100 valence electrons. The highest BCUT2D eigenvalue weighted by molar-refractivity contribution is 6.41. The standard InChI is InChI=1S/C12H14Cl3NO2/c1-2-3-4-18-11(17)7-16-12-9(14)5-8(13)6-10(12)15/h5-6,16H,2-4,7H2,1H3. The third-order valence-electron chi connectivity index (χ3n) is 2.18. The summed E-state index contributed by atoms with van der Waals surface area (Å²) in [6.45, 7) is 2.48. The van der Waals surface area contributed by atoms with E-state index in [1.807, 2.05) is 6.92 Å². The number of hydrogen-bond acceptors (Lipinski definition) is 3. The van der Waals surface area contributed by atoms with Crippen molar-refractivity contribution in [1.29, 1.82) is 0 Å². The van der Waals surface area contributed by atoms with E-state index in [1.165, 1.54) is 0 Å². The van der Waals surface area contributed by atoms with Crippen molar-refractivity contribution in [2.24, 2.45) is 0 Å². The summed E-state index contributed by atoms with van der Waals surface area (Å²) in [7, 11) is 0. The molecule has 18 heavy (non-hydrogen) atoms. The fourth-order valence-corrected chi connectivity index (χ4v) is 2.20. The van der Waals surface area contributed by atoms with E-state index >= 15 is 0 Å². The fraction of sp³-hybridized carbons (Fsp3) is 0.417. The van der Waals surface area contributed by atoms with Crippen LogP contribution >= 0.6 is 34.8 Å². The Morgan fingerprint density at radius 1 is 1.28 bits per heavy atom. The van der Waals surface area contributed by atoms with Gasteiger partial charge in [-0.25, -0.2) is 0 Å². The second-order valence-electron chi connectivity index (χ2n) is 3.67. The smallest absolute Gasteiger partial charge is 0.325 e. The van der Waals surface area contributed by atoms with Gasteiger partial charge in [0.1, 0.15) is 6.54 Å². The zero-order valence-corrected chi connectivity index (χ0v) is 12.2. The minimum Gasteiger partial charge on any atom is -0.464 e. The molecule has 1 aromatic rings. The van der Waals surface area contributed by atoms with E-state index in [2.05, 4.69) is 5.32 Å². The lowest BCUT2D eigenvalue weighted by atomic mass is 10.3. The van der Waals surface area contributed by atoms with Crippen LogP contribution in [0.1, 0.15) is 19.8 Å². The van der Waals surface area contributed by atoms with Gasteiger partial charge in [0.05, 0.1) is 22.3 Å². The molecule has 0 fully saturated rings. The van der Waals surface area contributed by atoms with Crippen LogP contribution < -0.4 is 5.32 Å². The third kappa shape index (κ3) is 4.92. The van der Waals surface area contributed by atoms with Crippen molar-refractivity contribution >= 4 is 46.5 Å². The molecule has 0 unspecified atom stereocenters. The summed E-state index contributed by atoms with van der Waals surface area (Å²) in [4.78, 5) is 11.4. The van der Waals surface area contributed by atoms with E-state index in [-0.39, 0.29) is 12.5 Å². The Balaban J connectivity index is 2.51. The Morgan fingerprint density at radius 3 is 2.44 bits per heavy atom. The number of anilines is 1. The Morgan fingerprint density at radius 2 is 1.89 bits per heavy atom. The molecular formula is C12H14Cl3NO2. The second kappa shape index (κ2) is 7.72. The molecule has 3 nitrogen and oxygen atoms in total. The fourth-order valence-electron chi connectivity index (χ4n) is 1.25. The molecule has 0 saturated carbocycles. The second-order valence-corrected chi connectivity index (χ2v) is 4.92. The lowest BCUT2D eigenvalue weighted by Crippen LogP contribution is -2.17. The summed E-state index contributed by atoms with van der Waals surface area (Å²) in [6.07, 6.45) is 1.84. The van der Waals surface area contributed by atoms with Gasteiger partial charge in [0.25, 0.3) is 0 Å². The van der Waals surface area contributed by atoms with Gasteiger partial charge in [0.2, 0.25) is 0 Å². The van der Waals surface area contributed by atoms with Gasteiger partial charge in [-0.05, 0) is 18.6 Å². The highest BCUT2D eigenvalue weighted by atomic mass is 35.5. The first-order chi connectivity index (χ1) is 8.54. The van der Waals surface area contributed by atoms with Gasteiger partial charge in [-0.1, -0.05) is 48.1 Å². The molecule has 0 amide bonds. The summed E-state index contributed by atoms with van der Waals surface area (Å²) >= 11 is 17.7. The van der Waals surface area contributed by atoms with Crippen LogP contribution in [-0.2, 0) is 9.53 Å². The van der Waals surface area contributed by atoms with Crippen molar-refractivity contribution in [3.05, 3.63) is 27.2 Å². The molecule has 0 radical (unpaired) electrons. The maximum atomic E-state index is 11.4. The third-order valence-corrected chi connectivity index (χ3v) is 2.99. The number of benzene rings is 1. The number of nitrogens with one attached hydrogen (secondary N) is 1. The maximum absolute atomic E-state index is 11.4. The summed E-state index contributed by atoms with van der Waals surface area (Å²) in [6, 6.07) is 3.11. The van der Waals surface area contributed by atoms with Crippen molar-refractivity contribution in [2.45, 2.75) is 19.8 Å². The van der Waals surface area contributed by atoms with E-state index in [0.717, 1.165) is 12.8 Å². The van der Waals surface area contributed by atoms with Crippen molar-refractivity contribution in [2.75, 3.05) is 18.5 Å². The molecule has 0 spiro atoms. The SMILES string of the molecule is CCCCOC(=O)CNc1c(Cl)cc(Cl)cc1Cl. The van der Waals surface area contributed by atoms with Crippen LogP contribution in [0.15, 0.2) is 12.1 Å². The molecule has 0 atom stereocenters. The van der Waals surface area contributed by atoms with Gasteiger partial charge in [0, 0.05) is 5.02 Å². The first-order valence-corrected chi connectivity index (χ1v) is 6.72. The van der Waals surface area contributed by atoms with E-state index in [4.69, 9.17) is 39.5 Å². The molecule has 6 heteroatoms. The van der Waals surface area contributed by atoms with Crippen molar-refractivity contribution in [1.82, 2.24) is 0 Å². The number of carbonyl (C=O) groups is 1. The van der Waals surface area contributed by atoms with Gasteiger partial charge in [-0.3, -0.25) is 4.79 Å². The quantitative estimate of drug-likeness (QED) is 0.625. The lowest BCUT2D eigenvalue weighted by molar-refractivity contribution is -0.141. The predicted molar refractivity (Wildman–Crippen MR) is 75.8 cm³/mol. The van der Waals surface area contributed by atoms with Crippen LogP contribution in [0.3, 0.4) is 0 Å². The molecule has 1 rings (SSSR count). The molecule has 0 aliphatic heterocycles. The van der Waals surface area contributed by atoms with E-state index < -0.39 is 0 Å². The predicted octanol–water partition coefficient (Wildman–Crippen LogP) is 4.40. The van der Waals surface area contributed by atoms with Gasteiger partial charge in [-0.15, -0.1) is 0 Å². The Kier molecular flexibility index (Phi) is 6.61. The highest BCUT2D eigenvalue weighted by Crippen LogP contribution is 2.33. The molecule has 0 heterocycles. The number of esters is 1. The zero-order valence-electron chi connectivity index (χ0n) is 9.93. The Labute approximate surface area is 121 Å². The molecule has 1 N–H and O–H groups in total. The summed E-state index contributed by atoms with van der Waals surface area (Å²) in [5.41, 5.74) is 0.482. The number of rotatable bonds is 6. The van der Waals surface area contributed by atoms with Gasteiger partial charge < -0.3 is 10.1 Å². The maximum Gasteiger partial charge on any atom is 0.325 e. The largest absolute Gasteiger partial charge is 0.464 e. The van der Waals surface area contributed by atoms with Crippen molar-refractivity contribution in [3.8, 4) is 0 Å². The van der Waals surface area contributed by atoms with Crippen LogP contribution in [0.4, 0.5) is 5.69 Å². The minimum atomic E-state index is -0.342. The van der Waals surface area contributed by atoms with Crippen LogP contribution in [0.25, 0.3) is 0 Å². The van der Waals surface area contributed by atoms with Crippen LogP contribution in [0.5, 0.6) is 0 Å². The Hall–Kier alpha value is -0.640. The minimum absolute atomic E-state index is 0.0186. The number of carbonyl (C=O) groups excluding carboxylic acids is 1. The van der Waals surface area contributed by atoms with E-state index in [9.17, 15) is 4.79 Å². The molecule has 0 aromatic heterocycles. The lowest BCUT2D eigenvalue weighted by Gasteiger charge is -2.10.